The summed E-state index contributed by atoms with van der Waals surface area (Å²) in [4.78, 5) is 20.4. The first-order chi connectivity index (χ1) is 13.2. The number of nitrogens with zero attached hydrogens (tertiary/aromatic N) is 2. The van der Waals surface area contributed by atoms with Crippen molar-refractivity contribution in [1.29, 1.82) is 0 Å². The number of nitrogens with one attached hydrogen (secondary N) is 1. The van der Waals surface area contributed by atoms with Crippen LogP contribution in [0.4, 0.5) is 0 Å². The second kappa shape index (κ2) is 10.1. The van der Waals surface area contributed by atoms with E-state index in [1.165, 1.54) is 0 Å². The Hall–Kier alpha value is -2.38. The van der Waals surface area contributed by atoms with Gasteiger partial charge in [-0.3, -0.25) is 9.78 Å². The fraction of sp³-hybridized carbons (Fsp3) is 0.250. The fourth-order valence-corrected chi connectivity index (χ4v) is 3.79. The van der Waals surface area contributed by atoms with Crippen molar-refractivity contribution < 1.29 is 9.53 Å². The van der Waals surface area contributed by atoms with Gasteiger partial charge in [0.05, 0.1) is 16.5 Å². The van der Waals surface area contributed by atoms with Crippen molar-refractivity contribution in [1.82, 2.24) is 15.3 Å². The maximum atomic E-state index is 12.0. The minimum atomic E-state index is 0.0313. The molecule has 0 unspecified atom stereocenters. The first-order valence-electron chi connectivity index (χ1n) is 8.55. The molecule has 0 aliphatic carbocycles. The Bertz CT molecular complexity index is 851. The van der Waals surface area contributed by atoms with Gasteiger partial charge in [-0.05, 0) is 30.7 Å². The summed E-state index contributed by atoms with van der Waals surface area (Å²) in [5.41, 5.74) is 3.11. The van der Waals surface area contributed by atoms with Crippen molar-refractivity contribution in [2.45, 2.75) is 25.8 Å². The second-order valence-electron chi connectivity index (χ2n) is 5.92. The lowest BCUT2D eigenvalue weighted by atomic mass is 10.2. The zero-order chi connectivity index (χ0) is 18.9. The smallest absolute Gasteiger partial charge is 0.230 e. The van der Waals surface area contributed by atoms with E-state index in [1.54, 1.807) is 35.5 Å². The molecule has 0 saturated carbocycles. The molecule has 1 aromatic carbocycles. The van der Waals surface area contributed by atoms with Gasteiger partial charge in [0.15, 0.2) is 0 Å². The van der Waals surface area contributed by atoms with Crippen LogP contribution >= 0.6 is 23.1 Å². The molecular weight excluding hydrogens is 378 g/mol. The molecule has 0 atom stereocenters. The standard InChI is InChI=1S/C20H21N3O2S2/c1-15-23-18(13-27-15)12-26-14-20(24)22-10-16-4-6-19(7-5-16)25-11-17-3-2-8-21-9-17/h2-9,13H,10-12,14H2,1H3,(H,22,24). The van der Waals surface area contributed by atoms with Crippen molar-refractivity contribution in [3.8, 4) is 5.75 Å². The van der Waals surface area contributed by atoms with Gasteiger partial charge >= 0.3 is 0 Å². The highest BCUT2D eigenvalue weighted by molar-refractivity contribution is 7.99. The number of hydrogen-bond acceptors (Lipinski definition) is 6. The molecule has 0 bridgehead atoms. The van der Waals surface area contributed by atoms with Crippen molar-refractivity contribution in [2.75, 3.05) is 5.75 Å². The third-order valence-corrected chi connectivity index (χ3v) is 5.48. The van der Waals surface area contributed by atoms with Crippen LogP contribution in [0, 0.1) is 6.92 Å². The van der Waals surface area contributed by atoms with E-state index in [1.807, 2.05) is 48.7 Å². The number of benzene rings is 1. The molecule has 3 aromatic rings. The number of carbonyl (C=O) groups is 1. The largest absolute Gasteiger partial charge is 0.489 e. The van der Waals surface area contributed by atoms with Gasteiger partial charge < -0.3 is 10.1 Å². The monoisotopic (exact) mass is 399 g/mol. The zero-order valence-electron chi connectivity index (χ0n) is 15.1. The van der Waals surface area contributed by atoms with E-state index in [9.17, 15) is 4.79 Å². The van der Waals surface area contributed by atoms with Crippen molar-refractivity contribution in [2.24, 2.45) is 0 Å². The summed E-state index contributed by atoms with van der Waals surface area (Å²) in [5.74, 6) is 2.02. The summed E-state index contributed by atoms with van der Waals surface area (Å²) in [5, 5.41) is 6.04. The Balaban J connectivity index is 1.36. The van der Waals surface area contributed by atoms with Crippen LogP contribution in [0.1, 0.15) is 21.8 Å². The molecule has 0 saturated heterocycles. The average molecular weight is 400 g/mol. The number of hydrogen-bond donors (Lipinski definition) is 1. The van der Waals surface area contributed by atoms with Gasteiger partial charge in [-0.2, -0.15) is 0 Å². The van der Waals surface area contributed by atoms with Crippen LogP contribution in [-0.4, -0.2) is 21.6 Å². The zero-order valence-corrected chi connectivity index (χ0v) is 16.7. The highest BCUT2D eigenvalue weighted by Gasteiger charge is 2.04. The lowest BCUT2D eigenvalue weighted by Crippen LogP contribution is -2.24. The molecule has 0 fully saturated rings. The van der Waals surface area contributed by atoms with Crippen molar-refractivity contribution in [3.63, 3.8) is 0 Å². The Morgan fingerprint density at radius 3 is 2.78 bits per heavy atom. The predicted molar refractivity (Wildman–Crippen MR) is 110 cm³/mol. The lowest BCUT2D eigenvalue weighted by Gasteiger charge is -2.08. The highest BCUT2D eigenvalue weighted by Crippen LogP contribution is 2.16. The Morgan fingerprint density at radius 2 is 2.07 bits per heavy atom. The summed E-state index contributed by atoms with van der Waals surface area (Å²) in [7, 11) is 0. The molecule has 3 rings (SSSR count). The van der Waals surface area contributed by atoms with E-state index >= 15 is 0 Å². The minimum absolute atomic E-state index is 0.0313. The Labute approximate surface area is 167 Å². The maximum Gasteiger partial charge on any atom is 0.230 e. The van der Waals surface area contributed by atoms with E-state index in [0.29, 0.717) is 18.9 Å². The van der Waals surface area contributed by atoms with Crippen molar-refractivity contribution in [3.05, 3.63) is 76.0 Å². The fourth-order valence-electron chi connectivity index (χ4n) is 2.33. The van der Waals surface area contributed by atoms with Crippen LogP contribution in [0.25, 0.3) is 0 Å². The number of aryl methyl sites for hydroxylation is 1. The highest BCUT2D eigenvalue weighted by atomic mass is 32.2. The third-order valence-electron chi connectivity index (χ3n) is 3.69. The van der Waals surface area contributed by atoms with E-state index in [4.69, 9.17) is 4.74 Å². The van der Waals surface area contributed by atoms with E-state index < -0.39 is 0 Å². The van der Waals surface area contributed by atoms with Crippen LogP contribution < -0.4 is 10.1 Å². The molecule has 0 radical (unpaired) electrons. The number of amides is 1. The van der Waals surface area contributed by atoms with Crippen molar-refractivity contribution >= 4 is 29.0 Å². The molecule has 7 heteroatoms. The van der Waals surface area contributed by atoms with E-state index in [2.05, 4.69) is 15.3 Å². The quantitative estimate of drug-likeness (QED) is 0.590. The molecule has 2 heterocycles. The number of aromatic nitrogens is 2. The Kier molecular flexibility index (Phi) is 7.24. The molecule has 1 amide bonds. The molecule has 140 valence electrons. The van der Waals surface area contributed by atoms with Crippen LogP contribution in [0.5, 0.6) is 5.75 Å². The normalized spacial score (nSPS) is 10.6. The van der Waals surface area contributed by atoms with Crippen LogP contribution in [0.2, 0.25) is 0 Å². The van der Waals surface area contributed by atoms with Crippen LogP contribution in [0.15, 0.2) is 54.2 Å². The first kappa shape index (κ1) is 19.4. The van der Waals surface area contributed by atoms with Gasteiger partial charge in [0.2, 0.25) is 5.91 Å². The van der Waals surface area contributed by atoms with Gasteiger partial charge in [-0.1, -0.05) is 18.2 Å². The SMILES string of the molecule is Cc1nc(CSCC(=O)NCc2ccc(OCc3cccnc3)cc2)cs1. The summed E-state index contributed by atoms with van der Waals surface area (Å²) in [6, 6.07) is 11.6. The molecule has 27 heavy (non-hydrogen) atoms. The summed E-state index contributed by atoms with van der Waals surface area (Å²) < 4.78 is 5.73. The molecule has 1 N–H and O–H groups in total. The van der Waals surface area contributed by atoms with Gasteiger partial charge in [-0.15, -0.1) is 23.1 Å². The van der Waals surface area contributed by atoms with Crippen LogP contribution in [0.3, 0.4) is 0 Å². The van der Waals surface area contributed by atoms with E-state index in [0.717, 1.165) is 33.3 Å². The number of pyridine rings is 1. The van der Waals surface area contributed by atoms with Gasteiger partial charge in [-0.25, -0.2) is 4.98 Å². The lowest BCUT2D eigenvalue weighted by molar-refractivity contribution is -0.118. The average Bonchev–Trinajstić information content (AvgIpc) is 3.11. The number of ether oxygens (including phenoxy) is 1. The maximum absolute atomic E-state index is 12.0. The number of thiazole rings is 1. The Morgan fingerprint density at radius 1 is 1.22 bits per heavy atom. The van der Waals surface area contributed by atoms with Gasteiger partial charge in [0, 0.05) is 35.6 Å². The number of rotatable bonds is 9. The predicted octanol–water partition coefficient (Wildman–Crippen LogP) is 3.98. The van der Waals surface area contributed by atoms with Gasteiger partial charge in [0.1, 0.15) is 12.4 Å². The molecule has 2 aromatic heterocycles. The van der Waals surface area contributed by atoms with E-state index in [-0.39, 0.29) is 5.91 Å². The second-order valence-corrected chi connectivity index (χ2v) is 7.97. The van der Waals surface area contributed by atoms with Crippen LogP contribution in [-0.2, 0) is 23.7 Å². The molecular formula is C20H21N3O2S2. The molecule has 0 aliphatic rings. The summed E-state index contributed by atoms with van der Waals surface area (Å²) >= 11 is 3.21. The number of carbonyl (C=O) groups excluding carboxylic acids is 1. The van der Waals surface area contributed by atoms with Gasteiger partial charge in [0.25, 0.3) is 0 Å². The summed E-state index contributed by atoms with van der Waals surface area (Å²) in [6.45, 7) is 2.98. The molecule has 0 spiro atoms. The topological polar surface area (TPSA) is 64.1 Å². The minimum Gasteiger partial charge on any atom is -0.489 e. The first-order valence-corrected chi connectivity index (χ1v) is 10.6. The summed E-state index contributed by atoms with van der Waals surface area (Å²) in [6.07, 6.45) is 3.53. The molecule has 5 nitrogen and oxygen atoms in total. The molecule has 0 aliphatic heterocycles. The number of thioether (sulfide) groups is 1. The third kappa shape index (κ3) is 6.69.